The van der Waals surface area contributed by atoms with Gasteiger partial charge in [-0.25, -0.2) is 0 Å². The molecule has 0 fully saturated rings. The Morgan fingerprint density at radius 2 is 2.06 bits per heavy atom. The first-order valence-corrected chi connectivity index (χ1v) is 6.67. The van der Waals surface area contributed by atoms with Crippen molar-refractivity contribution in [2.75, 3.05) is 13.2 Å². The van der Waals surface area contributed by atoms with Crippen LogP contribution in [0, 0.1) is 0 Å². The number of rotatable bonds is 7. The van der Waals surface area contributed by atoms with Gasteiger partial charge in [-0.15, -0.1) is 0 Å². The van der Waals surface area contributed by atoms with Gasteiger partial charge in [-0.3, -0.25) is 4.79 Å². The number of aliphatic hydroxyl groups is 1. The number of carbonyl (C=O) groups excluding carboxylic acids is 1. The fourth-order valence-corrected chi connectivity index (χ4v) is 2.25. The number of amides is 1. The van der Waals surface area contributed by atoms with Gasteiger partial charge in [0.05, 0.1) is 18.4 Å². The van der Waals surface area contributed by atoms with E-state index in [0.29, 0.717) is 24.3 Å². The number of nitrogens with zero attached hydrogens (tertiary/aromatic N) is 1. The molecule has 0 atom stereocenters. The van der Waals surface area contributed by atoms with Gasteiger partial charge in [0, 0.05) is 19.0 Å². The molecule has 0 radical (unpaired) electrons. The first-order chi connectivity index (χ1) is 8.69. The van der Waals surface area contributed by atoms with Gasteiger partial charge >= 0.3 is 0 Å². The summed E-state index contributed by atoms with van der Waals surface area (Å²) in [4.78, 5) is 14.2. The Hall–Kier alpha value is -1.29. The van der Waals surface area contributed by atoms with Crippen LogP contribution < -0.4 is 0 Å². The smallest absolute Gasteiger partial charge is 0.257 e. The van der Waals surface area contributed by atoms with E-state index < -0.39 is 0 Å². The Labute approximate surface area is 109 Å². The second kappa shape index (κ2) is 7.21. The molecule has 0 aromatic carbocycles. The second-order valence-corrected chi connectivity index (χ2v) is 4.30. The van der Waals surface area contributed by atoms with Crippen LogP contribution in [0.4, 0.5) is 0 Å². The van der Waals surface area contributed by atoms with E-state index in [-0.39, 0.29) is 18.6 Å². The molecule has 18 heavy (non-hydrogen) atoms. The summed E-state index contributed by atoms with van der Waals surface area (Å²) in [7, 11) is 0. The van der Waals surface area contributed by atoms with E-state index >= 15 is 0 Å². The molecular formula is C14H23NO3. The zero-order valence-corrected chi connectivity index (χ0v) is 11.5. The van der Waals surface area contributed by atoms with Crippen molar-refractivity contribution < 1.29 is 14.3 Å². The van der Waals surface area contributed by atoms with E-state index in [1.54, 1.807) is 17.2 Å². The van der Waals surface area contributed by atoms with E-state index in [1.165, 1.54) is 0 Å². The number of aliphatic hydroxyl groups excluding tert-OH is 1. The Bertz CT molecular complexity index is 369. The van der Waals surface area contributed by atoms with Gasteiger partial charge in [-0.2, -0.15) is 0 Å². The lowest BCUT2D eigenvalue weighted by Crippen LogP contribution is -2.41. The fraction of sp³-hybridized carbons (Fsp3) is 0.643. The Morgan fingerprint density at radius 1 is 1.39 bits per heavy atom. The minimum absolute atomic E-state index is 0.0124. The van der Waals surface area contributed by atoms with Crippen molar-refractivity contribution in [3.8, 4) is 0 Å². The van der Waals surface area contributed by atoms with Crippen LogP contribution in [-0.4, -0.2) is 35.1 Å². The zero-order valence-electron chi connectivity index (χ0n) is 11.5. The molecule has 1 N–H and O–H groups in total. The maximum absolute atomic E-state index is 12.5. The standard InChI is InChI=1S/C14H23NO3/c1-4-11(5-2)15(8-9-16)14(17)12-7-10-18-13(12)6-3/h7,10-11,16H,4-6,8-9H2,1-3H3. The largest absolute Gasteiger partial charge is 0.469 e. The highest BCUT2D eigenvalue weighted by atomic mass is 16.3. The number of aryl methyl sites for hydroxylation is 1. The minimum Gasteiger partial charge on any atom is -0.469 e. The van der Waals surface area contributed by atoms with Crippen molar-refractivity contribution in [2.24, 2.45) is 0 Å². The molecule has 0 aliphatic rings. The van der Waals surface area contributed by atoms with Crippen molar-refractivity contribution in [1.29, 1.82) is 0 Å². The highest BCUT2D eigenvalue weighted by molar-refractivity contribution is 5.95. The highest BCUT2D eigenvalue weighted by Crippen LogP contribution is 2.18. The third-order valence-corrected chi connectivity index (χ3v) is 3.28. The van der Waals surface area contributed by atoms with Gasteiger partial charge in [-0.05, 0) is 18.9 Å². The number of hydrogen-bond donors (Lipinski definition) is 1. The lowest BCUT2D eigenvalue weighted by molar-refractivity contribution is 0.0620. The zero-order chi connectivity index (χ0) is 13.5. The average molecular weight is 253 g/mol. The summed E-state index contributed by atoms with van der Waals surface area (Å²) in [6.07, 6.45) is 4.03. The van der Waals surface area contributed by atoms with Crippen molar-refractivity contribution in [3.63, 3.8) is 0 Å². The van der Waals surface area contributed by atoms with Gasteiger partial charge in [0.25, 0.3) is 5.91 Å². The lowest BCUT2D eigenvalue weighted by atomic mass is 10.1. The molecule has 0 aliphatic carbocycles. The molecule has 1 heterocycles. The Kier molecular flexibility index (Phi) is 5.92. The molecule has 1 amide bonds. The molecule has 0 bridgehead atoms. The van der Waals surface area contributed by atoms with E-state index in [1.807, 2.05) is 6.92 Å². The number of furan rings is 1. The van der Waals surface area contributed by atoms with Crippen molar-refractivity contribution >= 4 is 5.91 Å². The SMILES string of the molecule is CCc1occc1C(=O)N(CCO)C(CC)CC. The summed E-state index contributed by atoms with van der Waals surface area (Å²) in [5.74, 6) is 0.678. The van der Waals surface area contributed by atoms with Crippen LogP contribution in [0.25, 0.3) is 0 Å². The van der Waals surface area contributed by atoms with E-state index in [4.69, 9.17) is 9.52 Å². The summed E-state index contributed by atoms with van der Waals surface area (Å²) in [5, 5.41) is 9.13. The number of hydrogen-bond acceptors (Lipinski definition) is 3. The lowest BCUT2D eigenvalue weighted by Gasteiger charge is -2.30. The Morgan fingerprint density at radius 3 is 2.56 bits per heavy atom. The predicted molar refractivity (Wildman–Crippen MR) is 70.6 cm³/mol. The van der Waals surface area contributed by atoms with Gasteiger partial charge in [0.1, 0.15) is 5.76 Å². The molecular weight excluding hydrogens is 230 g/mol. The van der Waals surface area contributed by atoms with Crippen molar-refractivity contribution in [1.82, 2.24) is 4.90 Å². The van der Waals surface area contributed by atoms with Gasteiger partial charge in [0.15, 0.2) is 0 Å². The molecule has 102 valence electrons. The van der Waals surface area contributed by atoms with Crippen LogP contribution in [0.15, 0.2) is 16.7 Å². The van der Waals surface area contributed by atoms with Crippen LogP contribution in [0.5, 0.6) is 0 Å². The topological polar surface area (TPSA) is 53.7 Å². The van der Waals surface area contributed by atoms with Crippen LogP contribution in [0.3, 0.4) is 0 Å². The van der Waals surface area contributed by atoms with Gasteiger partial charge in [0.2, 0.25) is 0 Å². The maximum atomic E-state index is 12.5. The summed E-state index contributed by atoms with van der Waals surface area (Å²) in [6.45, 7) is 6.44. The number of carbonyl (C=O) groups is 1. The van der Waals surface area contributed by atoms with Crippen molar-refractivity contribution in [2.45, 2.75) is 46.1 Å². The quantitative estimate of drug-likeness (QED) is 0.812. The van der Waals surface area contributed by atoms with E-state index in [0.717, 1.165) is 12.8 Å². The maximum Gasteiger partial charge on any atom is 0.257 e. The third kappa shape index (κ3) is 3.13. The monoisotopic (exact) mass is 253 g/mol. The molecule has 0 saturated heterocycles. The molecule has 4 nitrogen and oxygen atoms in total. The van der Waals surface area contributed by atoms with Gasteiger partial charge < -0.3 is 14.4 Å². The van der Waals surface area contributed by atoms with Crippen LogP contribution >= 0.6 is 0 Å². The van der Waals surface area contributed by atoms with Crippen LogP contribution in [-0.2, 0) is 6.42 Å². The van der Waals surface area contributed by atoms with E-state index in [2.05, 4.69) is 13.8 Å². The third-order valence-electron chi connectivity index (χ3n) is 3.28. The highest BCUT2D eigenvalue weighted by Gasteiger charge is 2.24. The fourth-order valence-electron chi connectivity index (χ4n) is 2.25. The van der Waals surface area contributed by atoms with Gasteiger partial charge in [-0.1, -0.05) is 20.8 Å². The summed E-state index contributed by atoms with van der Waals surface area (Å²) >= 11 is 0. The molecule has 4 heteroatoms. The second-order valence-electron chi connectivity index (χ2n) is 4.30. The summed E-state index contributed by atoms with van der Waals surface area (Å²) in [5.41, 5.74) is 0.623. The van der Waals surface area contributed by atoms with Crippen molar-refractivity contribution in [3.05, 3.63) is 23.7 Å². The molecule has 0 aliphatic heterocycles. The summed E-state index contributed by atoms with van der Waals surface area (Å²) < 4.78 is 5.30. The molecule has 1 aromatic rings. The molecule has 0 unspecified atom stereocenters. The molecule has 0 saturated carbocycles. The molecule has 1 rings (SSSR count). The first kappa shape index (κ1) is 14.8. The average Bonchev–Trinajstić information content (AvgIpc) is 2.86. The normalized spacial score (nSPS) is 10.9. The molecule has 1 aromatic heterocycles. The molecule has 0 spiro atoms. The van der Waals surface area contributed by atoms with E-state index in [9.17, 15) is 4.79 Å². The van der Waals surface area contributed by atoms with Crippen LogP contribution in [0.2, 0.25) is 0 Å². The minimum atomic E-state index is -0.0386. The first-order valence-electron chi connectivity index (χ1n) is 6.67. The van der Waals surface area contributed by atoms with Crippen LogP contribution in [0.1, 0.15) is 49.7 Å². The predicted octanol–water partition coefficient (Wildman–Crippen LogP) is 2.47. The Balaban J connectivity index is 2.95. The summed E-state index contributed by atoms with van der Waals surface area (Å²) in [6, 6.07) is 1.89.